The van der Waals surface area contributed by atoms with Crippen molar-refractivity contribution in [2.24, 2.45) is 0 Å². The lowest BCUT2D eigenvalue weighted by molar-refractivity contribution is -0.606. The number of nitrogens with zero attached hydrogens (tertiary/aromatic N) is 3. The molecule has 9 heteroatoms. The second-order valence-electron chi connectivity index (χ2n) is 4.60. The van der Waals surface area contributed by atoms with Crippen molar-refractivity contribution in [1.29, 1.82) is 0 Å². The van der Waals surface area contributed by atoms with E-state index in [0.29, 0.717) is 33.3 Å². The van der Waals surface area contributed by atoms with Crippen molar-refractivity contribution in [3.05, 3.63) is 34.6 Å². The summed E-state index contributed by atoms with van der Waals surface area (Å²) in [5.41, 5.74) is 0.325. The van der Waals surface area contributed by atoms with E-state index < -0.39 is 5.82 Å². The van der Waals surface area contributed by atoms with Crippen LogP contribution in [0.4, 0.5) is 9.39 Å². The van der Waals surface area contributed by atoms with Crippen LogP contribution in [0, 0.1) is 11.0 Å². The molecule has 0 radical (unpaired) electrons. The maximum absolute atomic E-state index is 13.4. The number of hydrogen-bond donors (Lipinski definition) is 0. The van der Waals surface area contributed by atoms with Crippen molar-refractivity contribution in [2.75, 3.05) is 23.5 Å². The lowest BCUT2D eigenvalue weighted by atomic mass is 10.3. The summed E-state index contributed by atoms with van der Waals surface area (Å²) >= 11 is 8.90. The molecule has 0 saturated heterocycles. The highest BCUT2D eigenvalue weighted by atomic mass is 35.5. The third-order valence-corrected chi connectivity index (χ3v) is 5.12. The van der Waals surface area contributed by atoms with Gasteiger partial charge >= 0.3 is 0 Å². The van der Waals surface area contributed by atoms with E-state index in [9.17, 15) is 14.4 Å². The van der Waals surface area contributed by atoms with Crippen molar-refractivity contribution in [1.82, 2.24) is 4.98 Å². The van der Waals surface area contributed by atoms with Gasteiger partial charge in [-0.05, 0) is 19.2 Å². The van der Waals surface area contributed by atoms with Crippen molar-refractivity contribution in [3.8, 4) is 10.6 Å². The topological polar surface area (TPSA) is 60.1 Å². The molecular weight excluding hydrogens is 361 g/mol. The Balaban J connectivity index is 2.34. The highest BCUT2D eigenvalue weighted by molar-refractivity contribution is 7.98. The maximum atomic E-state index is 13.4. The van der Waals surface area contributed by atoms with Crippen molar-refractivity contribution in [2.45, 2.75) is 13.3 Å². The fourth-order valence-corrected chi connectivity index (χ4v) is 3.73. The number of carbonyl (C=O) groups excluding carboxylic acids is 1. The molecule has 2 rings (SSSR count). The van der Waals surface area contributed by atoms with Crippen LogP contribution in [0.25, 0.3) is 10.6 Å². The van der Waals surface area contributed by atoms with E-state index in [2.05, 4.69) is 4.98 Å². The fraction of sp³-hybridized carbons (Fsp3) is 0.357. The molecule has 0 aromatic carbocycles. The first-order valence-electron chi connectivity index (χ1n) is 6.81. The number of aromatic nitrogens is 2. The second-order valence-corrected chi connectivity index (χ2v) is 6.92. The van der Waals surface area contributed by atoms with E-state index in [1.807, 2.05) is 13.2 Å². The average molecular weight is 376 g/mol. The summed E-state index contributed by atoms with van der Waals surface area (Å²) in [5.74, 6) is 0.0180. The van der Waals surface area contributed by atoms with Crippen LogP contribution in [-0.4, -0.2) is 29.4 Å². The third kappa shape index (κ3) is 4.33. The van der Waals surface area contributed by atoms with Crippen LogP contribution in [0.2, 0.25) is 5.15 Å². The quantitative estimate of drug-likeness (QED) is 0.574. The molecule has 124 valence electrons. The largest absolute Gasteiger partial charge is 0.619 e. The van der Waals surface area contributed by atoms with Crippen LogP contribution in [0.1, 0.15) is 13.3 Å². The van der Waals surface area contributed by atoms with Gasteiger partial charge in [0.25, 0.3) is 0 Å². The molecule has 2 aromatic rings. The molecule has 0 aliphatic heterocycles. The fourth-order valence-electron chi connectivity index (χ4n) is 1.98. The summed E-state index contributed by atoms with van der Waals surface area (Å²) < 4.78 is 13.7. The Labute approximate surface area is 146 Å². The van der Waals surface area contributed by atoms with Gasteiger partial charge in [-0.25, -0.2) is 9.37 Å². The summed E-state index contributed by atoms with van der Waals surface area (Å²) in [6, 6.07) is 1.21. The van der Waals surface area contributed by atoms with Crippen LogP contribution in [0.3, 0.4) is 0 Å². The summed E-state index contributed by atoms with van der Waals surface area (Å²) in [6.07, 6.45) is 4.38. The number of halogens is 2. The van der Waals surface area contributed by atoms with Gasteiger partial charge in [0.1, 0.15) is 10.0 Å². The minimum Gasteiger partial charge on any atom is -0.619 e. The van der Waals surface area contributed by atoms with Gasteiger partial charge in [0, 0.05) is 18.7 Å². The zero-order valence-electron chi connectivity index (χ0n) is 12.6. The molecule has 2 heterocycles. The Morgan fingerprint density at radius 2 is 2.30 bits per heavy atom. The van der Waals surface area contributed by atoms with Gasteiger partial charge in [-0.15, -0.1) is 0 Å². The smallest absolute Gasteiger partial charge is 0.228 e. The molecule has 23 heavy (non-hydrogen) atoms. The van der Waals surface area contributed by atoms with Crippen LogP contribution >= 0.6 is 34.7 Å². The molecule has 0 N–H and O–H groups in total. The van der Waals surface area contributed by atoms with Crippen molar-refractivity contribution in [3.63, 3.8) is 0 Å². The monoisotopic (exact) mass is 375 g/mol. The van der Waals surface area contributed by atoms with E-state index in [-0.39, 0.29) is 11.1 Å². The second kappa shape index (κ2) is 7.94. The van der Waals surface area contributed by atoms with Gasteiger partial charge in [-0.2, -0.15) is 16.5 Å². The minimum absolute atomic E-state index is 0.0444. The molecule has 0 aliphatic rings. The van der Waals surface area contributed by atoms with Crippen LogP contribution < -0.4 is 9.63 Å². The Hall–Kier alpha value is -1.38. The third-order valence-electron chi connectivity index (χ3n) is 3.01. The molecule has 5 nitrogen and oxygen atoms in total. The van der Waals surface area contributed by atoms with E-state index in [1.54, 1.807) is 16.7 Å². The SMILES string of the molecule is CCN(C(=O)CCSC)c1sc(-c2cc(F)c[n+]([O-])c2)nc1Cl. The minimum atomic E-state index is -0.659. The normalized spacial score (nSPS) is 10.8. The first kappa shape index (κ1) is 18.0. The Morgan fingerprint density at radius 1 is 1.57 bits per heavy atom. The van der Waals surface area contributed by atoms with Crippen LogP contribution in [0.5, 0.6) is 0 Å². The number of thiazole rings is 1. The van der Waals surface area contributed by atoms with Gasteiger partial charge in [0.2, 0.25) is 12.1 Å². The molecule has 0 spiro atoms. The highest BCUT2D eigenvalue weighted by Gasteiger charge is 2.22. The van der Waals surface area contributed by atoms with Crippen LogP contribution in [-0.2, 0) is 4.79 Å². The zero-order chi connectivity index (χ0) is 17.0. The number of amides is 1. The lowest BCUT2D eigenvalue weighted by Crippen LogP contribution is -2.30. The average Bonchev–Trinajstić information content (AvgIpc) is 2.87. The standard InChI is InChI=1S/C14H15ClFN3O2S2/c1-3-19(11(20)4-5-22-2)14-12(15)17-13(23-14)9-6-10(16)8-18(21)7-9/h6-8H,3-5H2,1-2H3. The summed E-state index contributed by atoms with van der Waals surface area (Å²) in [7, 11) is 0. The highest BCUT2D eigenvalue weighted by Crippen LogP contribution is 2.37. The Kier molecular flexibility index (Phi) is 6.20. The van der Waals surface area contributed by atoms with E-state index in [4.69, 9.17) is 11.6 Å². The summed E-state index contributed by atoms with van der Waals surface area (Å²) in [6.45, 7) is 2.31. The Bertz CT molecular complexity index is 691. The summed E-state index contributed by atoms with van der Waals surface area (Å²) in [4.78, 5) is 18.0. The molecule has 0 aliphatic carbocycles. The molecule has 1 amide bonds. The van der Waals surface area contributed by atoms with Crippen molar-refractivity contribution >= 4 is 45.6 Å². The van der Waals surface area contributed by atoms with Gasteiger partial charge < -0.3 is 10.1 Å². The lowest BCUT2D eigenvalue weighted by Gasteiger charge is -2.18. The zero-order valence-corrected chi connectivity index (χ0v) is 15.0. The van der Waals surface area contributed by atoms with E-state index in [0.717, 1.165) is 23.3 Å². The predicted molar refractivity (Wildman–Crippen MR) is 92.5 cm³/mol. The van der Waals surface area contributed by atoms with E-state index in [1.165, 1.54) is 12.3 Å². The number of anilines is 1. The van der Waals surface area contributed by atoms with Gasteiger partial charge in [-0.3, -0.25) is 4.79 Å². The van der Waals surface area contributed by atoms with Gasteiger partial charge in [-0.1, -0.05) is 22.9 Å². The number of rotatable bonds is 6. The molecule has 0 atom stereocenters. The molecule has 2 aromatic heterocycles. The number of carbonyl (C=O) groups is 1. The Morgan fingerprint density at radius 3 is 2.91 bits per heavy atom. The molecule has 0 unspecified atom stereocenters. The summed E-state index contributed by atoms with van der Waals surface area (Å²) in [5, 5.41) is 12.4. The van der Waals surface area contributed by atoms with Crippen molar-refractivity contribution < 1.29 is 13.9 Å². The molecule has 0 bridgehead atoms. The van der Waals surface area contributed by atoms with Crippen LogP contribution in [0.15, 0.2) is 18.5 Å². The molecule has 0 fully saturated rings. The number of pyridine rings is 1. The first-order valence-corrected chi connectivity index (χ1v) is 9.40. The van der Waals surface area contributed by atoms with Gasteiger partial charge in [0.05, 0.1) is 5.56 Å². The molecular formula is C14H15ClFN3O2S2. The number of hydrogen-bond acceptors (Lipinski definition) is 5. The van der Waals surface area contributed by atoms with Gasteiger partial charge in [0.15, 0.2) is 17.2 Å². The first-order chi connectivity index (χ1) is 11.0. The predicted octanol–water partition coefficient (Wildman–Crippen LogP) is 3.34. The maximum Gasteiger partial charge on any atom is 0.228 e. The van der Waals surface area contributed by atoms with E-state index >= 15 is 0 Å². The molecule has 0 saturated carbocycles. The number of thioether (sulfide) groups is 1.